The van der Waals surface area contributed by atoms with Crippen molar-refractivity contribution in [3.8, 4) is 0 Å². The highest BCUT2D eigenvalue weighted by molar-refractivity contribution is 7.90. The molecule has 1 atom stereocenters. The lowest BCUT2D eigenvalue weighted by atomic mass is 10.00. The second-order valence-corrected chi connectivity index (χ2v) is 11.1. The van der Waals surface area contributed by atoms with Crippen molar-refractivity contribution in [1.82, 2.24) is 4.90 Å². The van der Waals surface area contributed by atoms with Gasteiger partial charge in [-0.25, -0.2) is 0 Å². The van der Waals surface area contributed by atoms with Gasteiger partial charge in [0, 0.05) is 55.3 Å². The number of rotatable bonds is 7. The molecule has 0 aromatic heterocycles. The van der Waals surface area contributed by atoms with Gasteiger partial charge in [0.25, 0.3) is 10.0 Å². The summed E-state index contributed by atoms with van der Waals surface area (Å²) in [6, 6.07) is 12.1. The van der Waals surface area contributed by atoms with Crippen LogP contribution in [0.15, 0.2) is 63.9 Å². The molecule has 3 N–H and O–H groups in total. The van der Waals surface area contributed by atoms with Crippen LogP contribution >= 0.6 is 11.6 Å². The Morgan fingerprint density at radius 1 is 1.11 bits per heavy atom. The maximum Gasteiger partial charge on any atom is 0.284 e. The van der Waals surface area contributed by atoms with Gasteiger partial charge >= 0.3 is 0 Å². The Morgan fingerprint density at radius 2 is 1.81 bits per heavy atom. The summed E-state index contributed by atoms with van der Waals surface area (Å²) < 4.78 is 28.5. The third-order valence-corrected chi connectivity index (χ3v) is 8.26. The fraction of sp³-hybridized carbons (Fsp3) is 0.346. The van der Waals surface area contributed by atoms with Crippen LogP contribution in [0, 0.1) is 5.41 Å². The average molecular weight is 543 g/mol. The number of carbonyl (C=O) groups excluding carboxylic acids is 1. The van der Waals surface area contributed by atoms with Crippen molar-refractivity contribution < 1.29 is 13.2 Å². The fourth-order valence-corrected chi connectivity index (χ4v) is 5.90. The zero-order chi connectivity index (χ0) is 26.6. The van der Waals surface area contributed by atoms with E-state index in [1.807, 2.05) is 30.0 Å². The number of carbonyl (C=O) groups is 1. The van der Waals surface area contributed by atoms with Crippen molar-refractivity contribution in [2.75, 3.05) is 42.5 Å². The quantitative estimate of drug-likeness (QED) is 0.409. The first kappa shape index (κ1) is 26.7. The summed E-state index contributed by atoms with van der Waals surface area (Å²) in [5, 5.41) is 7.66. The number of allylic oxidation sites excluding steroid dienone is 1. The van der Waals surface area contributed by atoms with E-state index >= 15 is 0 Å². The molecule has 2 aromatic carbocycles. The molecule has 0 aliphatic carbocycles. The summed E-state index contributed by atoms with van der Waals surface area (Å²) in [5.74, 6) is -0.0872. The van der Waals surface area contributed by atoms with E-state index < -0.39 is 10.0 Å². The molecule has 2 aromatic rings. The van der Waals surface area contributed by atoms with Gasteiger partial charge in [-0.3, -0.25) is 4.79 Å². The number of amidine groups is 1. The maximum absolute atomic E-state index is 13.4. The average Bonchev–Trinajstić information content (AvgIpc) is 2.90. The predicted octanol–water partition coefficient (Wildman–Crippen LogP) is 3.08. The van der Waals surface area contributed by atoms with E-state index in [1.54, 1.807) is 12.1 Å². The van der Waals surface area contributed by atoms with Gasteiger partial charge in [-0.2, -0.15) is 8.42 Å². The summed E-state index contributed by atoms with van der Waals surface area (Å²) in [5.41, 5.74) is 8.74. The van der Waals surface area contributed by atoms with Gasteiger partial charge in [-0.05, 0) is 79.9 Å². The molecular formula is C26H31ClN6O3S. The van der Waals surface area contributed by atoms with Crippen molar-refractivity contribution >= 4 is 51.0 Å². The highest BCUT2D eigenvalue weighted by Crippen LogP contribution is 2.31. The summed E-state index contributed by atoms with van der Waals surface area (Å²) in [4.78, 5) is 19.6. The van der Waals surface area contributed by atoms with Crippen LogP contribution in [0.3, 0.4) is 0 Å². The zero-order valence-corrected chi connectivity index (χ0v) is 22.3. The van der Waals surface area contributed by atoms with Gasteiger partial charge in [-0.1, -0.05) is 11.6 Å². The molecule has 0 saturated carbocycles. The molecular weight excluding hydrogens is 512 g/mol. The topological polar surface area (TPSA) is 123 Å². The standard InChI is InChI=1S/C26H31ClN6O3S/c1-19(33-13-3-4-20-18-21(27)6-11-24(20)33)26(34)32-16-14-31(15-17-32)22-7-9-23(10-8-22)37(35,36)30-25(29)5-2-12-28/h2,5-12,18-19,28H,3-4,13-17H2,1H3,(H2,29,30)/t19-/m1/s1. The van der Waals surface area contributed by atoms with E-state index in [4.69, 9.17) is 22.7 Å². The van der Waals surface area contributed by atoms with Crippen LogP contribution in [0.1, 0.15) is 18.9 Å². The predicted molar refractivity (Wildman–Crippen MR) is 149 cm³/mol. The van der Waals surface area contributed by atoms with Crippen LogP contribution in [-0.2, 0) is 21.2 Å². The maximum atomic E-state index is 13.4. The Hall–Kier alpha value is -3.37. The minimum atomic E-state index is -3.95. The van der Waals surface area contributed by atoms with Crippen LogP contribution in [0.4, 0.5) is 11.4 Å². The molecule has 11 heteroatoms. The molecule has 9 nitrogen and oxygen atoms in total. The van der Waals surface area contributed by atoms with Crippen LogP contribution in [0.2, 0.25) is 5.02 Å². The van der Waals surface area contributed by atoms with E-state index in [-0.39, 0.29) is 22.7 Å². The molecule has 4 rings (SSSR count). The molecule has 2 heterocycles. The van der Waals surface area contributed by atoms with E-state index in [0.717, 1.165) is 42.0 Å². The Bertz CT molecular complexity index is 1320. The molecule has 196 valence electrons. The molecule has 2 aliphatic rings. The third-order valence-electron chi connectivity index (χ3n) is 6.70. The van der Waals surface area contributed by atoms with Gasteiger partial charge in [-0.15, -0.1) is 4.40 Å². The molecule has 0 unspecified atom stereocenters. The minimum Gasteiger partial charge on any atom is -0.383 e. The van der Waals surface area contributed by atoms with Crippen LogP contribution in [-0.4, -0.2) is 70.0 Å². The number of halogens is 1. The molecule has 1 amide bonds. The Balaban J connectivity index is 1.37. The van der Waals surface area contributed by atoms with E-state index in [1.165, 1.54) is 29.8 Å². The summed E-state index contributed by atoms with van der Waals surface area (Å²) >= 11 is 6.17. The third kappa shape index (κ3) is 6.14. The highest BCUT2D eigenvalue weighted by Gasteiger charge is 2.31. The highest BCUT2D eigenvalue weighted by atomic mass is 35.5. The van der Waals surface area contributed by atoms with Crippen molar-refractivity contribution in [3.63, 3.8) is 0 Å². The summed E-state index contributed by atoms with van der Waals surface area (Å²) in [6.45, 7) is 5.28. The van der Waals surface area contributed by atoms with Crippen LogP contribution in [0.5, 0.6) is 0 Å². The largest absolute Gasteiger partial charge is 0.383 e. The van der Waals surface area contributed by atoms with Gasteiger partial charge in [0.15, 0.2) is 0 Å². The summed E-state index contributed by atoms with van der Waals surface area (Å²) in [7, 11) is -3.95. The number of sulfonamides is 1. The number of hydrogen-bond acceptors (Lipinski definition) is 6. The molecule has 1 fully saturated rings. The number of aryl methyl sites for hydroxylation is 1. The summed E-state index contributed by atoms with van der Waals surface area (Å²) in [6.07, 6.45) is 5.49. The van der Waals surface area contributed by atoms with Gasteiger partial charge in [0.1, 0.15) is 11.9 Å². The van der Waals surface area contributed by atoms with Crippen molar-refractivity contribution in [2.45, 2.75) is 30.7 Å². The van der Waals surface area contributed by atoms with Gasteiger partial charge < -0.3 is 25.8 Å². The first-order valence-electron chi connectivity index (χ1n) is 12.2. The molecule has 0 radical (unpaired) electrons. The number of fused-ring (bicyclic) bond motifs is 1. The molecule has 2 aliphatic heterocycles. The Labute approximate surface area is 222 Å². The number of nitrogens with one attached hydrogen (secondary N) is 1. The van der Waals surface area contributed by atoms with Crippen molar-refractivity contribution in [3.05, 3.63) is 65.2 Å². The number of benzene rings is 2. The number of anilines is 2. The number of piperazine rings is 1. The smallest absolute Gasteiger partial charge is 0.284 e. The van der Waals surface area contributed by atoms with Gasteiger partial charge in [0.2, 0.25) is 5.91 Å². The number of hydrogen-bond donors (Lipinski definition) is 2. The van der Waals surface area contributed by atoms with Crippen LogP contribution in [0.25, 0.3) is 0 Å². The first-order chi connectivity index (χ1) is 17.7. The number of nitrogens with two attached hydrogens (primary N) is 1. The van der Waals surface area contributed by atoms with Gasteiger partial charge in [0.05, 0.1) is 4.90 Å². The lowest BCUT2D eigenvalue weighted by Crippen LogP contribution is -2.55. The second-order valence-electron chi connectivity index (χ2n) is 9.07. The van der Waals surface area contributed by atoms with E-state index in [0.29, 0.717) is 26.2 Å². The van der Waals surface area contributed by atoms with E-state index in [2.05, 4.69) is 14.2 Å². The first-order valence-corrected chi connectivity index (χ1v) is 14.0. The second kappa shape index (κ2) is 11.4. The Morgan fingerprint density at radius 3 is 2.49 bits per heavy atom. The molecule has 1 saturated heterocycles. The molecule has 0 spiro atoms. The lowest BCUT2D eigenvalue weighted by Gasteiger charge is -2.41. The van der Waals surface area contributed by atoms with Crippen LogP contribution < -0.4 is 15.5 Å². The minimum absolute atomic E-state index is 0.0354. The van der Waals surface area contributed by atoms with Crippen molar-refractivity contribution in [2.24, 2.45) is 10.1 Å². The molecule has 37 heavy (non-hydrogen) atoms. The van der Waals surface area contributed by atoms with Crippen molar-refractivity contribution in [1.29, 1.82) is 5.41 Å². The SMILES string of the molecule is C[C@H](C(=O)N1CCN(c2ccc(S(=O)(=O)N=C(N)C=CC=N)cc2)CC1)N1CCCc2cc(Cl)ccc21. The monoisotopic (exact) mass is 542 g/mol. The lowest BCUT2D eigenvalue weighted by molar-refractivity contribution is -0.132. The Kier molecular flexibility index (Phi) is 8.19. The van der Waals surface area contributed by atoms with E-state index in [9.17, 15) is 13.2 Å². The number of nitrogens with zero attached hydrogens (tertiary/aromatic N) is 4. The fourth-order valence-electron chi connectivity index (χ4n) is 4.78. The molecule has 0 bridgehead atoms. The zero-order valence-electron chi connectivity index (χ0n) is 20.7. The number of amides is 1. The normalized spacial score (nSPS) is 17.6.